The lowest BCUT2D eigenvalue weighted by Crippen LogP contribution is -2.39. The minimum absolute atomic E-state index is 0.0686. The molecule has 0 spiro atoms. The summed E-state index contributed by atoms with van der Waals surface area (Å²) in [5, 5.41) is 2.68. The number of halogens is 1. The van der Waals surface area contributed by atoms with Gasteiger partial charge in [-0.2, -0.15) is 0 Å². The third kappa shape index (κ3) is 3.77. The lowest BCUT2D eigenvalue weighted by molar-refractivity contribution is -0.125. The van der Waals surface area contributed by atoms with Crippen LogP contribution in [0.1, 0.15) is 24.0 Å². The van der Waals surface area contributed by atoms with E-state index in [1.165, 1.54) is 0 Å². The summed E-state index contributed by atoms with van der Waals surface area (Å²) in [5.74, 6) is -0.172. The van der Waals surface area contributed by atoms with Crippen LogP contribution in [-0.2, 0) is 11.3 Å². The maximum absolute atomic E-state index is 14.3. The van der Waals surface area contributed by atoms with Crippen LogP contribution in [-0.4, -0.2) is 35.9 Å². The summed E-state index contributed by atoms with van der Waals surface area (Å²) >= 11 is 4.85. The molecule has 1 aliphatic rings. The quantitative estimate of drug-likeness (QED) is 0.826. The van der Waals surface area contributed by atoms with Crippen LogP contribution in [0.25, 0.3) is 0 Å². The van der Waals surface area contributed by atoms with Crippen LogP contribution in [0, 0.1) is 11.7 Å². The van der Waals surface area contributed by atoms with Crippen LogP contribution in [0.2, 0.25) is 0 Å². The number of nitrogens with one attached hydrogen (secondary N) is 1. The van der Waals surface area contributed by atoms with Gasteiger partial charge in [0.25, 0.3) is 0 Å². The van der Waals surface area contributed by atoms with Gasteiger partial charge in [-0.05, 0) is 32.0 Å². The molecule has 1 heterocycles. The molecule has 0 aromatic heterocycles. The van der Waals surface area contributed by atoms with Crippen molar-refractivity contribution in [3.63, 3.8) is 0 Å². The van der Waals surface area contributed by atoms with Crippen LogP contribution >= 0.6 is 12.2 Å². The first-order valence-electron chi connectivity index (χ1n) is 7.04. The molecule has 4 nitrogen and oxygen atoms in total. The normalized spacial score (nSPS) is 16.7. The minimum atomic E-state index is -0.335. The van der Waals surface area contributed by atoms with Crippen molar-refractivity contribution in [3.05, 3.63) is 35.1 Å². The number of carbonyl (C=O) groups is 1. The van der Waals surface area contributed by atoms with Crippen molar-refractivity contribution in [2.24, 2.45) is 11.7 Å². The van der Waals surface area contributed by atoms with Crippen LogP contribution < -0.4 is 11.1 Å². The van der Waals surface area contributed by atoms with E-state index in [0.29, 0.717) is 17.7 Å². The number of nitrogens with two attached hydrogens (primary N) is 1. The zero-order valence-electron chi connectivity index (χ0n) is 12.1. The summed E-state index contributed by atoms with van der Waals surface area (Å²) in [4.78, 5) is 13.8. The number of amides is 1. The average Bonchev–Trinajstić information content (AvgIpc) is 2.49. The first kappa shape index (κ1) is 15.9. The van der Waals surface area contributed by atoms with Gasteiger partial charge in [-0.25, -0.2) is 4.39 Å². The summed E-state index contributed by atoms with van der Waals surface area (Å²) in [6.07, 6.45) is 1.60. The zero-order valence-corrected chi connectivity index (χ0v) is 12.9. The van der Waals surface area contributed by atoms with E-state index in [9.17, 15) is 9.18 Å². The van der Waals surface area contributed by atoms with Gasteiger partial charge in [-0.1, -0.05) is 24.4 Å². The van der Waals surface area contributed by atoms with Gasteiger partial charge >= 0.3 is 0 Å². The summed E-state index contributed by atoms with van der Waals surface area (Å²) in [7, 11) is 1.66. The summed E-state index contributed by atoms with van der Waals surface area (Å²) in [6.45, 7) is 2.09. The Morgan fingerprint density at radius 3 is 2.71 bits per heavy atom. The Bertz CT molecular complexity index is 542. The van der Waals surface area contributed by atoms with Crippen LogP contribution in [0.5, 0.6) is 0 Å². The second kappa shape index (κ2) is 6.95. The highest BCUT2D eigenvalue weighted by Crippen LogP contribution is 2.21. The SMILES string of the molecule is CNC(=O)C1CCN(Cc2cccc(C(N)=S)c2F)CC1. The molecule has 0 atom stereocenters. The number of hydrogen-bond acceptors (Lipinski definition) is 3. The number of thiocarbonyl (C=S) groups is 1. The largest absolute Gasteiger partial charge is 0.389 e. The van der Waals surface area contributed by atoms with E-state index in [4.69, 9.17) is 18.0 Å². The molecule has 1 aliphatic heterocycles. The molecule has 1 aromatic rings. The Morgan fingerprint density at radius 2 is 2.14 bits per heavy atom. The molecule has 1 saturated heterocycles. The van der Waals surface area contributed by atoms with Gasteiger partial charge in [0.15, 0.2) is 0 Å². The Labute approximate surface area is 129 Å². The third-order valence-electron chi connectivity index (χ3n) is 3.94. The fraction of sp³-hybridized carbons (Fsp3) is 0.467. The molecular formula is C15H20FN3OS. The predicted molar refractivity (Wildman–Crippen MR) is 84.4 cm³/mol. The Hall–Kier alpha value is -1.53. The van der Waals surface area contributed by atoms with E-state index in [0.717, 1.165) is 25.9 Å². The van der Waals surface area contributed by atoms with Gasteiger partial charge in [0.1, 0.15) is 10.8 Å². The van der Waals surface area contributed by atoms with E-state index >= 15 is 0 Å². The third-order valence-corrected chi connectivity index (χ3v) is 4.16. The van der Waals surface area contributed by atoms with Crippen LogP contribution in [0.3, 0.4) is 0 Å². The molecule has 21 heavy (non-hydrogen) atoms. The number of nitrogens with zero attached hydrogens (tertiary/aromatic N) is 1. The van der Waals surface area contributed by atoms with Gasteiger partial charge in [-0.15, -0.1) is 0 Å². The Morgan fingerprint density at radius 1 is 1.48 bits per heavy atom. The van der Waals surface area contributed by atoms with E-state index < -0.39 is 0 Å². The Balaban J connectivity index is 1.99. The van der Waals surface area contributed by atoms with Gasteiger partial charge in [0, 0.05) is 30.6 Å². The van der Waals surface area contributed by atoms with Crippen molar-refractivity contribution in [1.82, 2.24) is 10.2 Å². The fourth-order valence-corrected chi connectivity index (χ4v) is 2.85. The minimum Gasteiger partial charge on any atom is -0.389 e. The maximum atomic E-state index is 14.3. The number of likely N-dealkylation sites (tertiary alicyclic amines) is 1. The van der Waals surface area contributed by atoms with Crippen molar-refractivity contribution in [3.8, 4) is 0 Å². The molecule has 0 radical (unpaired) electrons. The first-order valence-corrected chi connectivity index (χ1v) is 7.45. The highest BCUT2D eigenvalue weighted by Gasteiger charge is 2.24. The number of hydrogen-bond donors (Lipinski definition) is 2. The van der Waals surface area contributed by atoms with Crippen molar-refractivity contribution < 1.29 is 9.18 Å². The molecular weight excluding hydrogens is 289 g/mol. The zero-order chi connectivity index (χ0) is 15.4. The van der Waals surface area contributed by atoms with E-state index in [1.807, 2.05) is 0 Å². The number of carbonyl (C=O) groups excluding carboxylic acids is 1. The van der Waals surface area contributed by atoms with Crippen LogP contribution in [0.4, 0.5) is 4.39 Å². The second-order valence-electron chi connectivity index (χ2n) is 5.31. The number of benzene rings is 1. The number of piperidine rings is 1. The second-order valence-corrected chi connectivity index (χ2v) is 5.75. The maximum Gasteiger partial charge on any atom is 0.222 e. The topological polar surface area (TPSA) is 58.4 Å². The van der Waals surface area contributed by atoms with Crippen molar-refractivity contribution in [2.75, 3.05) is 20.1 Å². The first-order chi connectivity index (χ1) is 10.0. The predicted octanol–water partition coefficient (Wildman–Crippen LogP) is 1.42. The molecule has 1 aromatic carbocycles. The van der Waals surface area contributed by atoms with E-state index in [-0.39, 0.29) is 22.6 Å². The molecule has 3 N–H and O–H groups in total. The van der Waals surface area contributed by atoms with Crippen molar-refractivity contribution >= 4 is 23.1 Å². The Kier molecular flexibility index (Phi) is 5.25. The van der Waals surface area contributed by atoms with Gasteiger partial charge in [0.2, 0.25) is 5.91 Å². The molecule has 2 rings (SSSR count). The molecule has 114 valence electrons. The lowest BCUT2D eigenvalue weighted by atomic mass is 9.95. The molecule has 1 amide bonds. The van der Waals surface area contributed by atoms with Crippen LogP contribution in [0.15, 0.2) is 18.2 Å². The van der Waals surface area contributed by atoms with Crippen molar-refractivity contribution in [1.29, 1.82) is 0 Å². The van der Waals surface area contributed by atoms with Gasteiger partial charge < -0.3 is 11.1 Å². The molecule has 0 bridgehead atoms. The lowest BCUT2D eigenvalue weighted by Gasteiger charge is -2.31. The summed E-state index contributed by atoms with van der Waals surface area (Å²) in [6, 6.07) is 5.12. The summed E-state index contributed by atoms with van der Waals surface area (Å²) < 4.78 is 14.3. The molecule has 0 saturated carbocycles. The molecule has 0 unspecified atom stereocenters. The summed E-state index contributed by atoms with van der Waals surface area (Å²) in [5.41, 5.74) is 6.41. The smallest absolute Gasteiger partial charge is 0.222 e. The highest BCUT2D eigenvalue weighted by atomic mass is 32.1. The molecule has 1 fully saturated rings. The van der Waals surface area contributed by atoms with Gasteiger partial charge in [-0.3, -0.25) is 9.69 Å². The fourth-order valence-electron chi connectivity index (χ4n) is 2.69. The standard InChI is InChI=1S/C15H20FN3OS/c1-18-15(20)10-5-7-19(8-6-10)9-11-3-2-4-12(13(11)16)14(17)21/h2-4,10H,5-9H2,1H3,(H2,17,21)(H,18,20). The number of rotatable bonds is 4. The highest BCUT2D eigenvalue weighted by molar-refractivity contribution is 7.80. The average molecular weight is 309 g/mol. The monoisotopic (exact) mass is 309 g/mol. The van der Waals surface area contributed by atoms with E-state index in [1.54, 1.807) is 25.2 Å². The molecule has 0 aliphatic carbocycles. The van der Waals surface area contributed by atoms with Gasteiger partial charge in [0.05, 0.1) is 0 Å². The molecule has 6 heteroatoms. The van der Waals surface area contributed by atoms with E-state index in [2.05, 4.69) is 10.2 Å². The van der Waals surface area contributed by atoms with Crippen molar-refractivity contribution in [2.45, 2.75) is 19.4 Å².